The molecule has 0 aliphatic carbocycles. The number of ether oxygens (including phenoxy) is 1. The van der Waals surface area contributed by atoms with E-state index in [1.54, 1.807) is 0 Å². The first-order valence-corrected chi connectivity index (χ1v) is 10.1. The largest absolute Gasteiger partial charge is 0.467 e. The lowest BCUT2D eigenvalue weighted by Crippen LogP contribution is -2.23. The minimum Gasteiger partial charge on any atom is -0.467 e. The van der Waals surface area contributed by atoms with Crippen molar-refractivity contribution in [3.63, 3.8) is 0 Å². The average Bonchev–Trinajstić information content (AvgIpc) is 3.13. The number of hydrogen-bond acceptors (Lipinski definition) is 3. The van der Waals surface area contributed by atoms with Crippen LogP contribution < -0.4 is 0 Å². The molecule has 0 aliphatic rings. The van der Waals surface area contributed by atoms with Crippen molar-refractivity contribution in [2.45, 2.75) is 32.2 Å². The fraction of sp³-hybridized carbons (Fsp3) is 0.231. The third-order valence-electron chi connectivity index (χ3n) is 5.40. The van der Waals surface area contributed by atoms with E-state index in [0.717, 1.165) is 28.0 Å². The van der Waals surface area contributed by atoms with Gasteiger partial charge >= 0.3 is 5.97 Å². The number of esters is 1. The lowest BCUT2D eigenvalue weighted by molar-refractivity contribution is -0.143. The number of carbonyl (C=O) groups is 1. The minimum absolute atomic E-state index is 0.0667. The Kier molecular flexibility index (Phi) is 5.17. The Bertz CT molecular complexity index is 1170. The summed E-state index contributed by atoms with van der Waals surface area (Å²) < 4.78 is 7.20. The molecule has 30 heavy (non-hydrogen) atoms. The van der Waals surface area contributed by atoms with Gasteiger partial charge in [0.1, 0.15) is 5.82 Å². The Balaban J connectivity index is 1.96. The van der Waals surface area contributed by atoms with E-state index in [2.05, 4.69) is 45.0 Å². The maximum atomic E-state index is 13.0. The summed E-state index contributed by atoms with van der Waals surface area (Å²) in [7, 11) is 1.43. The van der Waals surface area contributed by atoms with E-state index in [1.165, 1.54) is 12.7 Å². The first-order valence-electron chi connectivity index (χ1n) is 10.1. The zero-order chi connectivity index (χ0) is 21.3. The van der Waals surface area contributed by atoms with Crippen molar-refractivity contribution in [1.82, 2.24) is 9.55 Å². The third kappa shape index (κ3) is 3.61. The molecule has 4 rings (SSSR count). The van der Waals surface area contributed by atoms with Crippen molar-refractivity contribution in [2.24, 2.45) is 0 Å². The Morgan fingerprint density at radius 1 is 0.900 bits per heavy atom. The zero-order valence-electron chi connectivity index (χ0n) is 17.8. The van der Waals surface area contributed by atoms with Crippen molar-refractivity contribution in [2.75, 3.05) is 7.11 Å². The van der Waals surface area contributed by atoms with Crippen LogP contribution in [-0.2, 0) is 14.9 Å². The highest BCUT2D eigenvalue weighted by Gasteiger charge is 2.28. The summed E-state index contributed by atoms with van der Waals surface area (Å²) in [6, 6.07) is 25.4. The quantitative estimate of drug-likeness (QED) is 0.410. The molecule has 0 N–H and O–H groups in total. The summed E-state index contributed by atoms with van der Waals surface area (Å²) >= 11 is 0. The Morgan fingerprint density at radius 3 is 2.17 bits per heavy atom. The molecule has 0 saturated heterocycles. The summed E-state index contributed by atoms with van der Waals surface area (Å²) in [5.41, 5.74) is 4.88. The van der Waals surface area contributed by atoms with Crippen molar-refractivity contribution in [3.05, 3.63) is 90.0 Å². The summed E-state index contributed by atoms with van der Waals surface area (Å²) in [5, 5.41) is 0. The Labute approximate surface area is 177 Å². The molecule has 0 bridgehead atoms. The van der Waals surface area contributed by atoms with E-state index in [0.29, 0.717) is 0 Å². The Hall–Kier alpha value is -3.40. The van der Waals surface area contributed by atoms with E-state index in [1.807, 2.05) is 59.2 Å². The number of carbonyl (C=O) groups excluding carboxylic acids is 1. The molecule has 0 spiro atoms. The normalized spacial score (nSPS) is 12.7. The van der Waals surface area contributed by atoms with Crippen LogP contribution in [0.5, 0.6) is 0 Å². The van der Waals surface area contributed by atoms with E-state index < -0.39 is 6.04 Å². The second-order valence-electron chi connectivity index (χ2n) is 8.46. The van der Waals surface area contributed by atoms with Crippen LogP contribution >= 0.6 is 0 Å². The molecule has 1 heterocycles. The predicted molar refractivity (Wildman–Crippen MR) is 120 cm³/mol. The second kappa shape index (κ2) is 7.79. The monoisotopic (exact) mass is 398 g/mol. The van der Waals surface area contributed by atoms with E-state index in [9.17, 15) is 4.79 Å². The number of imidazole rings is 1. The molecule has 1 aromatic heterocycles. The van der Waals surface area contributed by atoms with Gasteiger partial charge in [-0.05, 0) is 28.7 Å². The maximum Gasteiger partial charge on any atom is 0.333 e. The van der Waals surface area contributed by atoms with Crippen LogP contribution in [0, 0.1) is 0 Å². The van der Waals surface area contributed by atoms with Gasteiger partial charge < -0.3 is 9.30 Å². The lowest BCUT2D eigenvalue weighted by Gasteiger charge is -2.21. The molecule has 0 saturated carbocycles. The molecule has 4 heteroatoms. The van der Waals surface area contributed by atoms with Crippen molar-refractivity contribution in [3.8, 4) is 11.4 Å². The number of nitrogens with zero attached hydrogens (tertiary/aromatic N) is 2. The molecular weight excluding hydrogens is 372 g/mol. The molecule has 0 aliphatic heterocycles. The predicted octanol–water partition coefficient (Wildman–Crippen LogP) is 5.76. The van der Waals surface area contributed by atoms with Crippen molar-refractivity contribution in [1.29, 1.82) is 0 Å². The molecule has 0 fully saturated rings. The number of hydrogen-bond donors (Lipinski definition) is 0. The number of fused-ring (bicyclic) bond motifs is 1. The lowest BCUT2D eigenvalue weighted by atomic mass is 9.86. The number of rotatable bonds is 4. The summed E-state index contributed by atoms with van der Waals surface area (Å²) in [4.78, 5) is 17.8. The highest BCUT2D eigenvalue weighted by molar-refractivity contribution is 5.86. The molecular formula is C26H26N2O2. The Morgan fingerprint density at radius 2 is 1.53 bits per heavy atom. The van der Waals surface area contributed by atoms with E-state index in [4.69, 9.17) is 9.72 Å². The first kappa shape index (κ1) is 19.9. The topological polar surface area (TPSA) is 44.1 Å². The standard InChI is InChI=1S/C26H26N2O2/c1-26(2,3)20-16-14-19(15-17-20)24-27-21-12-8-9-13-22(21)28(24)23(25(29)30-4)18-10-6-5-7-11-18/h5-17,23H,1-4H3. The van der Waals surface area contributed by atoms with Gasteiger partial charge in [0.15, 0.2) is 6.04 Å². The third-order valence-corrected chi connectivity index (χ3v) is 5.40. The smallest absolute Gasteiger partial charge is 0.333 e. The molecule has 4 nitrogen and oxygen atoms in total. The number of methoxy groups -OCH3 is 1. The average molecular weight is 399 g/mol. The SMILES string of the molecule is COC(=O)C(c1ccccc1)n1c(-c2ccc(C(C)(C)C)cc2)nc2ccccc21. The highest BCUT2D eigenvalue weighted by Crippen LogP contribution is 2.33. The van der Waals surface area contributed by atoms with E-state index >= 15 is 0 Å². The summed E-state index contributed by atoms with van der Waals surface area (Å²) in [6.45, 7) is 6.58. The fourth-order valence-corrected chi connectivity index (χ4v) is 3.77. The minimum atomic E-state index is -0.624. The molecule has 152 valence electrons. The second-order valence-corrected chi connectivity index (χ2v) is 8.46. The zero-order valence-corrected chi connectivity index (χ0v) is 17.8. The van der Waals surface area contributed by atoms with Gasteiger partial charge in [-0.1, -0.05) is 87.5 Å². The van der Waals surface area contributed by atoms with Crippen LogP contribution in [0.4, 0.5) is 0 Å². The first-order chi connectivity index (χ1) is 14.4. The summed E-state index contributed by atoms with van der Waals surface area (Å²) in [6.07, 6.45) is 0. The van der Waals surface area contributed by atoms with Gasteiger partial charge in [-0.3, -0.25) is 0 Å². The molecule has 0 radical (unpaired) electrons. The van der Waals surface area contributed by atoms with Crippen LogP contribution in [0.25, 0.3) is 22.4 Å². The maximum absolute atomic E-state index is 13.0. The van der Waals surface area contributed by atoms with Crippen LogP contribution in [0.3, 0.4) is 0 Å². The molecule has 3 aromatic carbocycles. The van der Waals surface area contributed by atoms with Gasteiger partial charge in [-0.25, -0.2) is 9.78 Å². The van der Waals surface area contributed by atoms with Gasteiger partial charge in [-0.2, -0.15) is 0 Å². The van der Waals surface area contributed by atoms with Crippen LogP contribution in [0.1, 0.15) is 37.9 Å². The van der Waals surface area contributed by atoms with Gasteiger partial charge in [0.2, 0.25) is 0 Å². The van der Waals surface area contributed by atoms with Gasteiger partial charge in [0, 0.05) is 5.56 Å². The highest BCUT2D eigenvalue weighted by atomic mass is 16.5. The van der Waals surface area contributed by atoms with Gasteiger partial charge in [0.25, 0.3) is 0 Å². The number of para-hydroxylation sites is 2. The number of aromatic nitrogens is 2. The summed E-state index contributed by atoms with van der Waals surface area (Å²) in [5.74, 6) is 0.424. The fourth-order valence-electron chi connectivity index (χ4n) is 3.77. The molecule has 1 unspecified atom stereocenters. The number of benzene rings is 3. The van der Waals surface area contributed by atoms with Crippen LogP contribution in [0.15, 0.2) is 78.9 Å². The molecule has 0 amide bonds. The van der Waals surface area contributed by atoms with Gasteiger partial charge in [0.05, 0.1) is 18.1 Å². The van der Waals surface area contributed by atoms with E-state index in [-0.39, 0.29) is 11.4 Å². The molecule has 4 aromatic rings. The van der Waals surface area contributed by atoms with Crippen LogP contribution in [-0.4, -0.2) is 22.6 Å². The van der Waals surface area contributed by atoms with Crippen LogP contribution in [0.2, 0.25) is 0 Å². The van der Waals surface area contributed by atoms with Crippen molar-refractivity contribution >= 4 is 17.0 Å². The molecule has 1 atom stereocenters. The van der Waals surface area contributed by atoms with Crippen molar-refractivity contribution < 1.29 is 9.53 Å². The van der Waals surface area contributed by atoms with Gasteiger partial charge in [-0.15, -0.1) is 0 Å².